The summed E-state index contributed by atoms with van der Waals surface area (Å²) >= 11 is 0. The Kier molecular flexibility index (Phi) is 6.43. The first-order valence-electron chi connectivity index (χ1n) is 13.3. The highest BCUT2D eigenvalue weighted by molar-refractivity contribution is 5.94. The van der Waals surface area contributed by atoms with E-state index in [0.717, 1.165) is 32.1 Å². The molecule has 0 aromatic heterocycles. The van der Waals surface area contributed by atoms with Crippen molar-refractivity contribution < 1.29 is 14.4 Å². The molecule has 4 aliphatic carbocycles. The van der Waals surface area contributed by atoms with Crippen LogP contribution in [0.5, 0.6) is 0 Å². The van der Waals surface area contributed by atoms with Crippen LogP contribution in [0.25, 0.3) is 0 Å². The fraction of sp³-hybridized carbons (Fsp3) is 0.679. The Morgan fingerprint density at radius 3 is 2.00 bits per heavy atom. The largest absolute Gasteiger partial charge is 0.349 e. The SMILES string of the molecule is CC(C)C(NC(=O)C12CC3CC(CC(C3)C1)C2)C(=O)N1CCC(NC(=O)c2ccccc2)CC1. The van der Waals surface area contributed by atoms with Gasteiger partial charge in [-0.05, 0) is 87.2 Å². The highest BCUT2D eigenvalue weighted by atomic mass is 16.2. The number of hydrogen-bond donors (Lipinski definition) is 2. The van der Waals surface area contributed by atoms with Crippen molar-refractivity contribution in [3.8, 4) is 0 Å². The molecule has 1 saturated heterocycles. The minimum absolute atomic E-state index is 0.0286. The molecule has 34 heavy (non-hydrogen) atoms. The summed E-state index contributed by atoms with van der Waals surface area (Å²) in [5.74, 6) is 2.25. The summed E-state index contributed by atoms with van der Waals surface area (Å²) in [6.45, 7) is 5.26. The monoisotopic (exact) mass is 465 g/mol. The second-order valence-corrected chi connectivity index (χ2v) is 11.8. The lowest BCUT2D eigenvalue weighted by molar-refractivity contribution is -0.151. The van der Waals surface area contributed by atoms with E-state index in [4.69, 9.17) is 0 Å². The van der Waals surface area contributed by atoms with E-state index in [9.17, 15) is 14.4 Å². The lowest BCUT2D eigenvalue weighted by Crippen LogP contribution is -2.59. The molecule has 1 aromatic carbocycles. The number of piperidine rings is 1. The third-order valence-corrected chi connectivity index (χ3v) is 8.92. The molecular formula is C28H39N3O3. The van der Waals surface area contributed by atoms with Gasteiger partial charge in [0.25, 0.3) is 5.91 Å². The number of carbonyl (C=O) groups is 3. The van der Waals surface area contributed by atoms with Crippen molar-refractivity contribution in [3.63, 3.8) is 0 Å². The van der Waals surface area contributed by atoms with E-state index < -0.39 is 6.04 Å². The topological polar surface area (TPSA) is 78.5 Å². The van der Waals surface area contributed by atoms with E-state index in [0.29, 0.717) is 36.4 Å². The van der Waals surface area contributed by atoms with Gasteiger partial charge in [-0.1, -0.05) is 32.0 Å². The molecule has 1 unspecified atom stereocenters. The van der Waals surface area contributed by atoms with Gasteiger partial charge in [-0.2, -0.15) is 0 Å². The van der Waals surface area contributed by atoms with Crippen LogP contribution in [0.4, 0.5) is 0 Å². The molecule has 6 nitrogen and oxygen atoms in total. The van der Waals surface area contributed by atoms with Crippen molar-refractivity contribution in [1.82, 2.24) is 15.5 Å². The number of nitrogens with zero attached hydrogens (tertiary/aromatic N) is 1. The second-order valence-electron chi connectivity index (χ2n) is 11.8. The summed E-state index contributed by atoms with van der Waals surface area (Å²) in [5, 5.41) is 6.34. The number of benzene rings is 1. The molecule has 1 aromatic rings. The number of carbonyl (C=O) groups excluding carboxylic acids is 3. The van der Waals surface area contributed by atoms with Crippen LogP contribution in [-0.4, -0.2) is 47.8 Å². The molecule has 4 saturated carbocycles. The Bertz CT molecular complexity index is 885. The molecule has 6 rings (SSSR count). The van der Waals surface area contributed by atoms with Gasteiger partial charge in [-0.15, -0.1) is 0 Å². The molecule has 1 aliphatic heterocycles. The zero-order chi connectivity index (χ0) is 23.9. The first-order chi connectivity index (χ1) is 16.3. The van der Waals surface area contributed by atoms with E-state index in [2.05, 4.69) is 10.6 Å². The molecule has 0 spiro atoms. The van der Waals surface area contributed by atoms with Gasteiger partial charge in [0.2, 0.25) is 11.8 Å². The Balaban J connectivity index is 1.17. The van der Waals surface area contributed by atoms with Gasteiger partial charge in [0.05, 0.1) is 0 Å². The molecule has 2 N–H and O–H groups in total. The van der Waals surface area contributed by atoms with Crippen LogP contribution >= 0.6 is 0 Å². The Labute approximate surface area is 203 Å². The zero-order valence-electron chi connectivity index (χ0n) is 20.6. The molecule has 0 radical (unpaired) electrons. The predicted molar refractivity (Wildman–Crippen MR) is 131 cm³/mol. The van der Waals surface area contributed by atoms with E-state index in [1.165, 1.54) is 19.3 Å². The van der Waals surface area contributed by atoms with Crippen molar-refractivity contribution in [3.05, 3.63) is 35.9 Å². The number of nitrogens with one attached hydrogen (secondary N) is 2. The van der Waals surface area contributed by atoms with E-state index in [1.807, 2.05) is 49.1 Å². The highest BCUT2D eigenvalue weighted by Gasteiger charge is 2.55. The van der Waals surface area contributed by atoms with Gasteiger partial charge in [-0.3, -0.25) is 14.4 Å². The standard InChI is InChI=1S/C28H39N3O3/c1-18(2)24(30-27(34)28-15-19-12-20(16-28)14-21(13-19)17-28)26(33)31-10-8-23(9-11-31)29-25(32)22-6-4-3-5-7-22/h3-7,18-21,23-24H,8-17H2,1-2H3,(H,29,32)(H,30,34). The zero-order valence-corrected chi connectivity index (χ0v) is 20.6. The van der Waals surface area contributed by atoms with Crippen molar-refractivity contribution in [2.75, 3.05) is 13.1 Å². The molecule has 4 bridgehead atoms. The van der Waals surface area contributed by atoms with Gasteiger partial charge in [0.1, 0.15) is 6.04 Å². The van der Waals surface area contributed by atoms with E-state index >= 15 is 0 Å². The van der Waals surface area contributed by atoms with Gasteiger partial charge >= 0.3 is 0 Å². The van der Waals surface area contributed by atoms with Crippen LogP contribution < -0.4 is 10.6 Å². The van der Waals surface area contributed by atoms with Gasteiger partial charge < -0.3 is 15.5 Å². The number of hydrogen-bond acceptors (Lipinski definition) is 3. The molecule has 6 heteroatoms. The van der Waals surface area contributed by atoms with Crippen LogP contribution in [0, 0.1) is 29.1 Å². The highest BCUT2D eigenvalue weighted by Crippen LogP contribution is 2.60. The Morgan fingerprint density at radius 1 is 0.912 bits per heavy atom. The fourth-order valence-corrected chi connectivity index (χ4v) is 7.50. The number of rotatable bonds is 6. The lowest BCUT2D eigenvalue weighted by atomic mass is 9.49. The maximum atomic E-state index is 13.6. The van der Waals surface area contributed by atoms with Crippen LogP contribution in [-0.2, 0) is 9.59 Å². The van der Waals surface area contributed by atoms with Crippen LogP contribution in [0.2, 0.25) is 0 Å². The normalized spacial score (nSPS) is 31.4. The first-order valence-corrected chi connectivity index (χ1v) is 13.3. The third-order valence-electron chi connectivity index (χ3n) is 8.92. The van der Waals surface area contributed by atoms with Crippen molar-refractivity contribution >= 4 is 17.7 Å². The van der Waals surface area contributed by atoms with E-state index in [-0.39, 0.29) is 35.1 Å². The second kappa shape index (κ2) is 9.35. The summed E-state index contributed by atoms with van der Waals surface area (Å²) in [4.78, 5) is 41.4. The van der Waals surface area contributed by atoms with Crippen LogP contribution in [0.15, 0.2) is 30.3 Å². The van der Waals surface area contributed by atoms with Gasteiger partial charge in [0.15, 0.2) is 0 Å². The van der Waals surface area contributed by atoms with Gasteiger partial charge in [0, 0.05) is 30.1 Å². The maximum absolute atomic E-state index is 13.6. The smallest absolute Gasteiger partial charge is 0.251 e. The molecule has 1 atom stereocenters. The predicted octanol–water partition coefficient (Wildman–Crippen LogP) is 3.76. The lowest BCUT2D eigenvalue weighted by Gasteiger charge is -2.56. The van der Waals surface area contributed by atoms with E-state index in [1.54, 1.807) is 0 Å². The summed E-state index contributed by atoms with van der Waals surface area (Å²) in [7, 11) is 0. The van der Waals surface area contributed by atoms with Crippen molar-refractivity contribution in [2.45, 2.75) is 77.3 Å². The molecule has 5 aliphatic rings. The molecule has 1 heterocycles. The summed E-state index contributed by atoms with van der Waals surface area (Å²) in [6.07, 6.45) is 8.40. The average molecular weight is 466 g/mol. The van der Waals surface area contributed by atoms with Crippen molar-refractivity contribution in [1.29, 1.82) is 0 Å². The minimum Gasteiger partial charge on any atom is -0.349 e. The molecule has 3 amide bonds. The van der Waals surface area contributed by atoms with Crippen LogP contribution in [0.3, 0.4) is 0 Å². The molecule has 184 valence electrons. The minimum atomic E-state index is -0.476. The maximum Gasteiger partial charge on any atom is 0.251 e. The van der Waals surface area contributed by atoms with Crippen molar-refractivity contribution in [2.24, 2.45) is 29.1 Å². The average Bonchev–Trinajstić information content (AvgIpc) is 2.82. The summed E-state index contributed by atoms with van der Waals surface area (Å²) in [5.41, 5.74) is 0.421. The Morgan fingerprint density at radius 2 is 1.47 bits per heavy atom. The fourth-order valence-electron chi connectivity index (χ4n) is 7.50. The number of amides is 3. The Hall–Kier alpha value is -2.37. The van der Waals surface area contributed by atoms with Crippen LogP contribution in [0.1, 0.15) is 75.6 Å². The molecule has 5 fully saturated rings. The quantitative estimate of drug-likeness (QED) is 0.671. The summed E-state index contributed by atoms with van der Waals surface area (Å²) in [6, 6.07) is 8.84. The first kappa shape index (κ1) is 23.4. The summed E-state index contributed by atoms with van der Waals surface area (Å²) < 4.78 is 0. The third kappa shape index (κ3) is 4.60. The van der Waals surface area contributed by atoms with Gasteiger partial charge in [-0.25, -0.2) is 0 Å². The number of likely N-dealkylation sites (tertiary alicyclic amines) is 1. The molecular weight excluding hydrogens is 426 g/mol.